The Morgan fingerprint density at radius 1 is 1.20 bits per heavy atom. The molecule has 0 aliphatic carbocycles. The van der Waals surface area contributed by atoms with E-state index >= 15 is 0 Å². The molecule has 1 saturated heterocycles. The van der Waals surface area contributed by atoms with Gasteiger partial charge < -0.3 is 5.11 Å². The van der Waals surface area contributed by atoms with Gasteiger partial charge in [0, 0.05) is 18.5 Å². The smallest absolute Gasteiger partial charge is 0.306 e. The highest BCUT2D eigenvalue weighted by Crippen LogP contribution is 2.20. The Balaban J connectivity index is 2.01. The van der Waals surface area contributed by atoms with Crippen LogP contribution in [0.5, 0.6) is 0 Å². The molecule has 1 aliphatic heterocycles. The molecule has 1 heterocycles. The summed E-state index contributed by atoms with van der Waals surface area (Å²) in [7, 11) is -3.47. The van der Waals surface area contributed by atoms with Gasteiger partial charge >= 0.3 is 5.97 Å². The maximum Gasteiger partial charge on any atom is 0.306 e. The summed E-state index contributed by atoms with van der Waals surface area (Å²) in [6.45, 7) is 0.525. The number of carbonyl (C=O) groups is 1. The van der Waals surface area contributed by atoms with E-state index in [9.17, 15) is 13.2 Å². The fourth-order valence-corrected chi connectivity index (χ4v) is 3.39. The lowest BCUT2D eigenvalue weighted by molar-refractivity contribution is -0.142. The fraction of sp³-hybridized carbons (Fsp3) is 0.357. The van der Waals surface area contributed by atoms with Gasteiger partial charge in [0.25, 0.3) is 0 Å². The van der Waals surface area contributed by atoms with Gasteiger partial charge in [-0.3, -0.25) is 4.79 Å². The van der Waals surface area contributed by atoms with E-state index in [1.165, 1.54) is 9.71 Å². The van der Waals surface area contributed by atoms with Crippen molar-refractivity contribution in [2.75, 3.05) is 13.1 Å². The lowest BCUT2D eigenvalue weighted by Crippen LogP contribution is -2.39. The molecule has 0 saturated carbocycles. The number of hydrogen-bond acceptors (Lipinski definition) is 3. The first-order chi connectivity index (χ1) is 9.49. The number of carboxylic acid groups (broad SMARTS) is 1. The zero-order chi connectivity index (χ0) is 14.6. The molecule has 1 aromatic carbocycles. The Morgan fingerprint density at radius 2 is 1.80 bits per heavy atom. The van der Waals surface area contributed by atoms with Gasteiger partial charge in [0.2, 0.25) is 10.0 Å². The van der Waals surface area contributed by atoms with Gasteiger partial charge in [0.1, 0.15) is 0 Å². The standard InChI is InChI=1S/C14H17NO4S/c16-14(17)13-6-9-15(10-7-13)20(18,19)11-8-12-4-2-1-3-5-12/h1-5,8,11,13H,6-7,9-10H2,(H,16,17). The molecule has 0 atom stereocenters. The van der Waals surface area contributed by atoms with Crippen LogP contribution in [0, 0.1) is 5.92 Å². The summed E-state index contributed by atoms with van der Waals surface area (Å²) in [5.74, 6) is -1.28. The lowest BCUT2D eigenvalue weighted by atomic mass is 9.99. The fourth-order valence-electron chi connectivity index (χ4n) is 2.17. The van der Waals surface area contributed by atoms with E-state index < -0.39 is 21.9 Å². The minimum Gasteiger partial charge on any atom is -0.481 e. The molecule has 0 spiro atoms. The van der Waals surface area contributed by atoms with Crippen molar-refractivity contribution in [3.63, 3.8) is 0 Å². The molecule has 0 amide bonds. The summed E-state index contributed by atoms with van der Waals surface area (Å²) in [5, 5.41) is 10.1. The summed E-state index contributed by atoms with van der Waals surface area (Å²) >= 11 is 0. The van der Waals surface area contributed by atoms with Gasteiger partial charge in [0.15, 0.2) is 0 Å². The third kappa shape index (κ3) is 3.68. The molecule has 6 heteroatoms. The molecule has 0 unspecified atom stereocenters. The monoisotopic (exact) mass is 295 g/mol. The average molecular weight is 295 g/mol. The van der Waals surface area contributed by atoms with E-state index in [4.69, 9.17) is 5.11 Å². The number of piperidine rings is 1. The predicted molar refractivity (Wildman–Crippen MR) is 76.3 cm³/mol. The zero-order valence-corrected chi connectivity index (χ0v) is 11.8. The molecule has 1 aromatic rings. The Morgan fingerprint density at radius 3 is 2.35 bits per heavy atom. The molecular weight excluding hydrogens is 278 g/mol. The lowest BCUT2D eigenvalue weighted by Gasteiger charge is -2.28. The first-order valence-corrected chi connectivity index (χ1v) is 7.95. The SMILES string of the molecule is O=C(O)C1CCN(S(=O)(=O)C=Cc2ccccc2)CC1. The molecule has 5 nitrogen and oxygen atoms in total. The maximum atomic E-state index is 12.1. The molecule has 0 aromatic heterocycles. The third-order valence-electron chi connectivity index (χ3n) is 3.40. The number of sulfonamides is 1. The summed E-state index contributed by atoms with van der Waals surface area (Å²) < 4.78 is 25.6. The number of rotatable bonds is 4. The average Bonchev–Trinajstić information content (AvgIpc) is 2.46. The van der Waals surface area contributed by atoms with Gasteiger partial charge in [-0.05, 0) is 24.5 Å². The Kier molecular flexibility index (Phi) is 4.57. The van der Waals surface area contributed by atoms with Crippen LogP contribution in [0.25, 0.3) is 6.08 Å². The van der Waals surface area contributed by atoms with Crippen molar-refractivity contribution in [3.05, 3.63) is 41.3 Å². The van der Waals surface area contributed by atoms with Crippen LogP contribution in [-0.2, 0) is 14.8 Å². The third-order valence-corrected chi connectivity index (χ3v) is 4.96. The molecule has 1 N–H and O–H groups in total. The molecule has 0 radical (unpaired) electrons. The highest BCUT2D eigenvalue weighted by molar-refractivity contribution is 7.92. The van der Waals surface area contributed by atoms with Gasteiger partial charge in [0.05, 0.1) is 5.92 Å². The second kappa shape index (κ2) is 6.19. The molecule has 1 aliphatic rings. The summed E-state index contributed by atoms with van der Waals surface area (Å²) in [4.78, 5) is 10.8. The van der Waals surface area contributed by atoms with Crippen LogP contribution in [-0.4, -0.2) is 36.9 Å². The second-order valence-electron chi connectivity index (χ2n) is 4.77. The zero-order valence-electron chi connectivity index (χ0n) is 11.0. The number of aliphatic carboxylic acids is 1. The van der Waals surface area contributed by atoms with E-state index in [0.717, 1.165) is 5.56 Å². The molecule has 108 valence electrons. The first kappa shape index (κ1) is 14.7. The minimum atomic E-state index is -3.47. The van der Waals surface area contributed by atoms with E-state index in [1.54, 1.807) is 6.08 Å². The highest BCUT2D eigenvalue weighted by Gasteiger charge is 2.29. The molecular formula is C14H17NO4S. The van der Waals surface area contributed by atoms with Crippen molar-refractivity contribution in [1.29, 1.82) is 0 Å². The summed E-state index contributed by atoms with van der Waals surface area (Å²) in [6, 6.07) is 9.18. The number of nitrogens with zero attached hydrogens (tertiary/aromatic N) is 1. The van der Waals surface area contributed by atoms with Crippen LogP contribution in [0.3, 0.4) is 0 Å². The minimum absolute atomic E-state index is 0.262. The van der Waals surface area contributed by atoms with E-state index in [2.05, 4.69) is 0 Å². The second-order valence-corrected chi connectivity index (χ2v) is 6.59. The number of benzene rings is 1. The summed E-state index contributed by atoms with van der Waals surface area (Å²) in [6.07, 6.45) is 2.29. The highest BCUT2D eigenvalue weighted by atomic mass is 32.2. The maximum absolute atomic E-state index is 12.1. The van der Waals surface area contributed by atoms with Crippen molar-refractivity contribution < 1.29 is 18.3 Å². The van der Waals surface area contributed by atoms with Crippen molar-refractivity contribution in [3.8, 4) is 0 Å². The van der Waals surface area contributed by atoms with Crippen LogP contribution < -0.4 is 0 Å². The van der Waals surface area contributed by atoms with Gasteiger partial charge in [-0.2, -0.15) is 4.31 Å². The molecule has 0 bridgehead atoms. The van der Waals surface area contributed by atoms with E-state index in [0.29, 0.717) is 12.8 Å². The van der Waals surface area contributed by atoms with Crippen molar-refractivity contribution in [1.82, 2.24) is 4.31 Å². The first-order valence-electron chi connectivity index (χ1n) is 6.45. The van der Waals surface area contributed by atoms with Crippen LogP contribution in [0.4, 0.5) is 0 Å². The molecule has 2 rings (SSSR count). The van der Waals surface area contributed by atoms with Crippen molar-refractivity contribution in [2.45, 2.75) is 12.8 Å². The normalized spacial score (nSPS) is 18.4. The number of carboxylic acids is 1. The Bertz CT molecular complexity index is 587. The van der Waals surface area contributed by atoms with Crippen LogP contribution in [0.15, 0.2) is 35.7 Å². The topological polar surface area (TPSA) is 74.7 Å². The van der Waals surface area contributed by atoms with Crippen LogP contribution in [0.2, 0.25) is 0 Å². The number of hydrogen-bond donors (Lipinski definition) is 1. The van der Waals surface area contributed by atoms with Gasteiger partial charge in [-0.25, -0.2) is 8.42 Å². The van der Waals surface area contributed by atoms with Gasteiger partial charge in [-0.15, -0.1) is 0 Å². The predicted octanol–water partition coefficient (Wildman–Crippen LogP) is 1.78. The van der Waals surface area contributed by atoms with Crippen LogP contribution in [0.1, 0.15) is 18.4 Å². The van der Waals surface area contributed by atoms with Crippen molar-refractivity contribution >= 4 is 22.1 Å². The Hall–Kier alpha value is -1.66. The Labute approximate surface area is 118 Å². The molecule has 20 heavy (non-hydrogen) atoms. The van der Waals surface area contributed by atoms with Crippen molar-refractivity contribution in [2.24, 2.45) is 5.92 Å². The summed E-state index contributed by atoms with van der Waals surface area (Å²) in [5.41, 5.74) is 0.816. The largest absolute Gasteiger partial charge is 0.481 e. The van der Waals surface area contributed by atoms with E-state index in [-0.39, 0.29) is 13.1 Å². The van der Waals surface area contributed by atoms with E-state index in [1.807, 2.05) is 30.3 Å². The van der Waals surface area contributed by atoms with Gasteiger partial charge in [-0.1, -0.05) is 30.3 Å². The molecule has 1 fully saturated rings. The van der Waals surface area contributed by atoms with Crippen LogP contribution >= 0.6 is 0 Å². The quantitative estimate of drug-likeness (QED) is 0.919.